The van der Waals surface area contributed by atoms with Gasteiger partial charge < -0.3 is 4.74 Å². The van der Waals surface area contributed by atoms with E-state index in [9.17, 15) is 0 Å². The second-order valence-electron chi connectivity index (χ2n) is 17.0. The SMILES string of the molecule is Cc1cc(C)c(CCC(C)C)c(-c2cnn(-c3cc(Oc4ccc5c6ccccc6n(-c6cc(C(C)C)ccn6)c5c4)cc(C(C)C)c3)c2)c1CCC(C)C. The molecule has 7 rings (SSSR count). The van der Waals surface area contributed by atoms with Crippen LogP contribution in [0, 0.1) is 25.7 Å². The first-order chi connectivity index (χ1) is 26.4. The van der Waals surface area contributed by atoms with Crippen LogP contribution in [0.5, 0.6) is 11.5 Å². The Bertz CT molecular complexity index is 2420. The zero-order valence-corrected chi connectivity index (χ0v) is 34.6. The van der Waals surface area contributed by atoms with Gasteiger partial charge in [-0.05, 0) is 145 Å². The van der Waals surface area contributed by atoms with Crippen LogP contribution in [-0.2, 0) is 12.8 Å². The van der Waals surface area contributed by atoms with Gasteiger partial charge in [-0.25, -0.2) is 9.67 Å². The van der Waals surface area contributed by atoms with Crippen LogP contribution in [0.1, 0.15) is 113 Å². The van der Waals surface area contributed by atoms with E-state index in [2.05, 4.69) is 165 Å². The summed E-state index contributed by atoms with van der Waals surface area (Å²) >= 11 is 0. The minimum absolute atomic E-state index is 0.311. The standard InChI is InChI=1S/C50H58N4O/c1-31(2)15-18-43-35(9)23-36(10)44(19-16-32(3)4)50(43)39-29-52-53(30-39)40-24-38(34(7)8)25-42(27-40)55-41-17-20-46-45-13-11-12-14-47(45)54(48(46)28-41)49-26-37(33(5)6)21-22-51-49/h11-14,17,20-34H,15-16,18-19H2,1-10H3. The summed E-state index contributed by atoms with van der Waals surface area (Å²) in [5.41, 5.74) is 13.9. The lowest BCUT2D eigenvalue weighted by Crippen LogP contribution is -2.05. The highest BCUT2D eigenvalue weighted by Gasteiger charge is 2.20. The molecule has 5 heteroatoms. The maximum absolute atomic E-state index is 6.78. The van der Waals surface area contributed by atoms with Crippen LogP contribution in [0.2, 0.25) is 0 Å². The average Bonchev–Trinajstić information content (AvgIpc) is 3.77. The number of hydrogen-bond acceptors (Lipinski definition) is 3. The lowest BCUT2D eigenvalue weighted by Gasteiger charge is -2.21. The molecule has 0 N–H and O–H groups in total. The molecule has 0 bridgehead atoms. The van der Waals surface area contributed by atoms with Crippen LogP contribution in [-0.4, -0.2) is 19.3 Å². The molecule has 0 aliphatic rings. The number of benzene rings is 4. The first-order valence-corrected chi connectivity index (χ1v) is 20.4. The zero-order chi connectivity index (χ0) is 39.0. The molecule has 0 atom stereocenters. The van der Waals surface area contributed by atoms with Crippen molar-refractivity contribution in [1.82, 2.24) is 19.3 Å². The predicted molar refractivity (Wildman–Crippen MR) is 232 cm³/mol. The summed E-state index contributed by atoms with van der Waals surface area (Å²) in [6.07, 6.45) is 10.7. The van der Waals surface area contributed by atoms with Gasteiger partial charge in [0.2, 0.25) is 0 Å². The molecular formula is C50H58N4O. The van der Waals surface area contributed by atoms with Crippen molar-refractivity contribution in [1.29, 1.82) is 0 Å². The quantitative estimate of drug-likeness (QED) is 0.119. The van der Waals surface area contributed by atoms with Crippen molar-refractivity contribution in [2.75, 3.05) is 0 Å². The molecule has 0 fully saturated rings. The molecule has 0 saturated heterocycles. The van der Waals surface area contributed by atoms with Crippen molar-refractivity contribution >= 4 is 21.8 Å². The van der Waals surface area contributed by atoms with Gasteiger partial charge in [0.25, 0.3) is 0 Å². The van der Waals surface area contributed by atoms with Crippen molar-refractivity contribution in [2.24, 2.45) is 11.8 Å². The van der Waals surface area contributed by atoms with Crippen LogP contribution >= 0.6 is 0 Å². The fourth-order valence-corrected chi connectivity index (χ4v) is 7.97. The first-order valence-electron chi connectivity index (χ1n) is 20.4. The zero-order valence-electron chi connectivity index (χ0n) is 34.6. The maximum Gasteiger partial charge on any atom is 0.137 e. The summed E-state index contributed by atoms with van der Waals surface area (Å²) in [7, 11) is 0. The highest BCUT2D eigenvalue weighted by atomic mass is 16.5. The van der Waals surface area contributed by atoms with Crippen molar-refractivity contribution in [3.8, 4) is 34.1 Å². The summed E-state index contributed by atoms with van der Waals surface area (Å²) in [5.74, 6) is 4.49. The molecule has 284 valence electrons. The third kappa shape index (κ3) is 7.99. The molecule has 7 aromatic rings. The third-order valence-corrected chi connectivity index (χ3v) is 11.2. The number of aromatic nitrogens is 4. The van der Waals surface area contributed by atoms with Gasteiger partial charge in [0, 0.05) is 40.9 Å². The van der Waals surface area contributed by atoms with Crippen molar-refractivity contribution in [2.45, 2.75) is 107 Å². The second-order valence-corrected chi connectivity index (χ2v) is 17.0. The Labute approximate surface area is 328 Å². The van der Waals surface area contributed by atoms with Crippen LogP contribution in [0.15, 0.2) is 97.5 Å². The van der Waals surface area contributed by atoms with Crippen LogP contribution in [0.4, 0.5) is 0 Å². The summed E-state index contributed by atoms with van der Waals surface area (Å²) in [6.45, 7) is 22.8. The van der Waals surface area contributed by atoms with Gasteiger partial charge in [0.05, 0.1) is 22.9 Å². The molecule has 3 heterocycles. The summed E-state index contributed by atoms with van der Waals surface area (Å²) in [6, 6.07) is 28.3. The molecule has 0 amide bonds. The predicted octanol–water partition coefficient (Wildman–Crippen LogP) is 13.9. The van der Waals surface area contributed by atoms with Crippen LogP contribution < -0.4 is 4.74 Å². The number of fused-ring (bicyclic) bond motifs is 3. The fourth-order valence-electron chi connectivity index (χ4n) is 7.97. The van der Waals surface area contributed by atoms with Gasteiger partial charge in [-0.15, -0.1) is 0 Å². The molecule has 0 aliphatic carbocycles. The van der Waals surface area contributed by atoms with E-state index in [1.165, 1.54) is 68.1 Å². The molecule has 0 radical (unpaired) electrons. The minimum atomic E-state index is 0.311. The van der Waals surface area contributed by atoms with Gasteiger partial charge in [-0.2, -0.15) is 5.10 Å². The minimum Gasteiger partial charge on any atom is -0.457 e. The number of ether oxygens (including phenoxy) is 1. The van der Waals surface area contributed by atoms with Crippen LogP contribution in [0.3, 0.4) is 0 Å². The number of nitrogens with zero attached hydrogens (tertiary/aromatic N) is 4. The fraction of sp³-hybridized carbons (Fsp3) is 0.360. The summed E-state index contributed by atoms with van der Waals surface area (Å²) in [5, 5.41) is 7.39. The molecule has 0 aliphatic heterocycles. The Morgan fingerprint density at radius 1 is 0.636 bits per heavy atom. The van der Waals surface area contributed by atoms with Gasteiger partial charge in [0.15, 0.2) is 0 Å². The van der Waals surface area contributed by atoms with Crippen molar-refractivity contribution in [3.05, 3.63) is 131 Å². The largest absolute Gasteiger partial charge is 0.457 e. The number of pyridine rings is 1. The second kappa shape index (κ2) is 15.9. The topological polar surface area (TPSA) is 44.9 Å². The van der Waals surface area contributed by atoms with Gasteiger partial charge in [-0.1, -0.05) is 79.7 Å². The number of aryl methyl sites for hydroxylation is 2. The molecular weight excluding hydrogens is 673 g/mol. The van der Waals surface area contributed by atoms with E-state index in [-0.39, 0.29) is 0 Å². The third-order valence-electron chi connectivity index (χ3n) is 11.2. The summed E-state index contributed by atoms with van der Waals surface area (Å²) < 4.78 is 11.1. The van der Waals surface area contributed by atoms with Crippen molar-refractivity contribution < 1.29 is 4.74 Å². The van der Waals surface area contributed by atoms with E-state index in [4.69, 9.17) is 14.8 Å². The Morgan fingerprint density at radius 2 is 1.31 bits per heavy atom. The number of para-hydroxylation sites is 1. The molecule has 5 nitrogen and oxygen atoms in total. The lowest BCUT2D eigenvalue weighted by molar-refractivity contribution is 0.481. The Kier molecular flexibility index (Phi) is 11.0. The van der Waals surface area contributed by atoms with E-state index < -0.39 is 0 Å². The first kappa shape index (κ1) is 38.1. The highest BCUT2D eigenvalue weighted by Crippen LogP contribution is 2.38. The molecule has 3 aromatic heterocycles. The number of hydrogen-bond donors (Lipinski definition) is 0. The van der Waals surface area contributed by atoms with Gasteiger partial charge in [-0.3, -0.25) is 4.57 Å². The maximum atomic E-state index is 6.78. The number of rotatable bonds is 13. The van der Waals surface area contributed by atoms with Gasteiger partial charge >= 0.3 is 0 Å². The monoisotopic (exact) mass is 730 g/mol. The Hall–Kier alpha value is -5.16. The molecule has 4 aromatic carbocycles. The van der Waals surface area contributed by atoms with E-state index >= 15 is 0 Å². The average molecular weight is 731 g/mol. The smallest absolute Gasteiger partial charge is 0.137 e. The van der Waals surface area contributed by atoms with E-state index in [0.29, 0.717) is 23.7 Å². The Balaban J connectivity index is 1.30. The normalized spacial score (nSPS) is 12.0. The molecule has 55 heavy (non-hydrogen) atoms. The Morgan fingerprint density at radius 3 is 1.98 bits per heavy atom. The van der Waals surface area contributed by atoms with E-state index in [0.717, 1.165) is 46.9 Å². The van der Waals surface area contributed by atoms with E-state index in [1.54, 1.807) is 0 Å². The molecule has 0 spiro atoms. The molecule has 0 saturated carbocycles. The van der Waals surface area contributed by atoms with Crippen molar-refractivity contribution in [3.63, 3.8) is 0 Å². The summed E-state index contributed by atoms with van der Waals surface area (Å²) in [4.78, 5) is 4.85. The van der Waals surface area contributed by atoms with Gasteiger partial charge in [0.1, 0.15) is 17.3 Å². The highest BCUT2D eigenvalue weighted by molar-refractivity contribution is 6.09. The van der Waals surface area contributed by atoms with Crippen LogP contribution in [0.25, 0.3) is 44.4 Å². The van der Waals surface area contributed by atoms with E-state index in [1.807, 2.05) is 10.9 Å². The lowest BCUT2D eigenvalue weighted by atomic mass is 9.84. The molecule has 0 unspecified atom stereocenters.